The molecule has 0 radical (unpaired) electrons. The molecular formula is C24H24N2O5. The molecule has 7 heteroatoms. The summed E-state index contributed by atoms with van der Waals surface area (Å²) >= 11 is 0. The molecule has 4 N–H and O–H groups in total. The van der Waals surface area contributed by atoms with Crippen molar-refractivity contribution in [2.24, 2.45) is 5.73 Å². The Morgan fingerprint density at radius 3 is 2.13 bits per heavy atom. The van der Waals surface area contributed by atoms with Gasteiger partial charge in [-0.2, -0.15) is 0 Å². The number of nitrogens with one attached hydrogen (secondary N) is 1. The summed E-state index contributed by atoms with van der Waals surface area (Å²) in [6, 6.07) is 20.5. The molecule has 2 amide bonds. The second kappa shape index (κ2) is 10.3. The number of aliphatic hydroxyl groups excluding tert-OH is 1. The van der Waals surface area contributed by atoms with Crippen molar-refractivity contribution in [2.75, 3.05) is 13.2 Å². The highest BCUT2D eigenvalue weighted by atomic mass is 16.5. The van der Waals surface area contributed by atoms with Crippen LogP contribution in [0.15, 0.2) is 72.8 Å². The number of benzene rings is 3. The number of rotatable bonds is 9. The number of hydrogen-bond donors (Lipinski definition) is 3. The van der Waals surface area contributed by atoms with Gasteiger partial charge < -0.3 is 25.6 Å². The third kappa shape index (κ3) is 6.58. The molecule has 0 aliphatic heterocycles. The lowest BCUT2D eigenvalue weighted by molar-refractivity contribution is 0.0843. The molecule has 1 unspecified atom stereocenters. The van der Waals surface area contributed by atoms with Crippen LogP contribution in [-0.4, -0.2) is 36.2 Å². The molecule has 3 aromatic carbocycles. The van der Waals surface area contributed by atoms with Crippen LogP contribution in [-0.2, 0) is 0 Å². The minimum Gasteiger partial charge on any atom is -0.491 e. The maximum absolute atomic E-state index is 12.3. The van der Waals surface area contributed by atoms with Crippen LogP contribution in [0.4, 0.5) is 0 Å². The SMILES string of the molecule is Cc1cccc(OCC(O)CNC(=O)c2ccc(Oc3ccc(C(N)=O)cc3)cc2)c1. The average Bonchev–Trinajstić information content (AvgIpc) is 2.77. The lowest BCUT2D eigenvalue weighted by Gasteiger charge is -2.14. The fourth-order valence-electron chi connectivity index (χ4n) is 2.77. The van der Waals surface area contributed by atoms with Gasteiger partial charge in [0.25, 0.3) is 5.91 Å². The van der Waals surface area contributed by atoms with Crippen molar-refractivity contribution in [1.82, 2.24) is 5.32 Å². The first-order valence-electron chi connectivity index (χ1n) is 9.74. The third-order valence-electron chi connectivity index (χ3n) is 4.42. The summed E-state index contributed by atoms with van der Waals surface area (Å²) in [5.74, 6) is 0.930. The molecule has 0 aliphatic rings. The minimum absolute atomic E-state index is 0.0646. The second-order valence-corrected chi connectivity index (χ2v) is 7.01. The Hall–Kier alpha value is -3.84. The van der Waals surface area contributed by atoms with Gasteiger partial charge in [0.15, 0.2) is 0 Å². The maximum atomic E-state index is 12.3. The number of amides is 2. The molecule has 0 fully saturated rings. The van der Waals surface area contributed by atoms with Crippen LogP contribution in [0.1, 0.15) is 26.3 Å². The smallest absolute Gasteiger partial charge is 0.251 e. The van der Waals surface area contributed by atoms with Gasteiger partial charge in [-0.25, -0.2) is 0 Å². The van der Waals surface area contributed by atoms with Gasteiger partial charge in [-0.1, -0.05) is 12.1 Å². The summed E-state index contributed by atoms with van der Waals surface area (Å²) in [6.07, 6.45) is -0.838. The predicted molar refractivity (Wildman–Crippen MR) is 116 cm³/mol. The van der Waals surface area contributed by atoms with E-state index >= 15 is 0 Å². The van der Waals surface area contributed by atoms with Gasteiger partial charge in [-0.3, -0.25) is 9.59 Å². The van der Waals surface area contributed by atoms with Crippen molar-refractivity contribution in [1.29, 1.82) is 0 Å². The number of aliphatic hydroxyl groups is 1. The molecule has 0 saturated carbocycles. The molecule has 0 spiro atoms. The zero-order chi connectivity index (χ0) is 22.2. The minimum atomic E-state index is -0.838. The Balaban J connectivity index is 1.46. The quantitative estimate of drug-likeness (QED) is 0.493. The van der Waals surface area contributed by atoms with Crippen LogP contribution in [0.3, 0.4) is 0 Å². The number of primary amides is 1. The molecule has 160 valence electrons. The largest absolute Gasteiger partial charge is 0.491 e. The van der Waals surface area contributed by atoms with E-state index in [1.807, 2.05) is 31.2 Å². The van der Waals surface area contributed by atoms with Crippen molar-refractivity contribution in [3.05, 3.63) is 89.5 Å². The number of carbonyl (C=O) groups is 2. The summed E-state index contributed by atoms with van der Waals surface area (Å²) in [7, 11) is 0. The molecular weight excluding hydrogens is 396 g/mol. The summed E-state index contributed by atoms with van der Waals surface area (Å²) in [6.45, 7) is 2.10. The molecule has 7 nitrogen and oxygen atoms in total. The van der Waals surface area contributed by atoms with Crippen LogP contribution in [0.5, 0.6) is 17.2 Å². The fraction of sp³-hybridized carbons (Fsp3) is 0.167. The summed E-state index contributed by atoms with van der Waals surface area (Å²) in [5, 5.41) is 12.7. The molecule has 3 aromatic rings. The molecule has 0 aliphatic carbocycles. The number of ether oxygens (including phenoxy) is 2. The molecule has 0 aromatic heterocycles. The average molecular weight is 420 g/mol. The van der Waals surface area contributed by atoms with Crippen LogP contribution in [0, 0.1) is 6.92 Å². The van der Waals surface area contributed by atoms with Crippen LogP contribution < -0.4 is 20.5 Å². The van der Waals surface area contributed by atoms with Crippen LogP contribution in [0.2, 0.25) is 0 Å². The van der Waals surface area contributed by atoms with Gasteiger partial charge in [0.05, 0.1) is 0 Å². The highest BCUT2D eigenvalue weighted by molar-refractivity contribution is 5.94. The van der Waals surface area contributed by atoms with Gasteiger partial charge in [0, 0.05) is 17.7 Å². The predicted octanol–water partition coefficient (Wildman–Crippen LogP) is 3.06. The Morgan fingerprint density at radius 2 is 1.55 bits per heavy atom. The second-order valence-electron chi connectivity index (χ2n) is 7.01. The van der Waals surface area contributed by atoms with Gasteiger partial charge in [-0.15, -0.1) is 0 Å². The van der Waals surface area contributed by atoms with Gasteiger partial charge in [0.2, 0.25) is 5.91 Å². The number of hydrogen-bond acceptors (Lipinski definition) is 5. The van der Waals surface area contributed by atoms with Crippen molar-refractivity contribution in [3.63, 3.8) is 0 Å². The summed E-state index contributed by atoms with van der Waals surface area (Å²) < 4.78 is 11.2. The third-order valence-corrected chi connectivity index (χ3v) is 4.42. The number of nitrogens with two attached hydrogens (primary N) is 1. The van der Waals surface area contributed by atoms with Gasteiger partial charge in [0.1, 0.15) is 30.0 Å². The Kier molecular flexibility index (Phi) is 7.24. The number of carbonyl (C=O) groups excluding carboxylic acids is 2. The molecule has 1 atom stereocenters. The van der Waals surface area contributed by atoms with Crippen molar-refractivity contribution >= 4 is 11.8 Å². The standard InChI is InChI=1S/C24H24N2O5/c1-16-3-2-4-22(13-16)30-15-19(27)14-26-24(29)18-7-11-21(12-8-18)31-20-9-5-17(6-10-20)23(25)28/h2-13,19,27H,14-15H2,1H3,(H2,25,28)(H,26,29). The van der Waals surface area contributed by atoms with Crippen molar-refractivity contribution in [3.8, 4) is 17.2 Å². The van der Waals surface area contributed by atoms with E-state index in [1.165, 1.54) is 0 Å². The summed E-state index contributed by atoms with van der Waals surface area (Å²) in [5.41, 5.74) is 7.11. The van der Waals surface area contributed by atoms with E-state index in [0.717, 1.165) is 5.56 Å². The van der Waals surface area contributed by atoms with Crippen LogP contribution >= 0.6 is 0 Å². The molecule has 3 rings (SSSR count). The monoisotopic (exact) mass is 420 g/mol. The van der Waals surface area contributed by atoms with Crippen LogP contribution in [0.25, 0.3) is 0 Å². The van der Waals surface area contributed by atoms with E-state index in [1.54, 1.807) is 48.5 Å². The molecule has 0 heterocycles. The zero-order valence-electron chi connectivity index (χ0n) is 17.1. The van der Waals surface area contributed by atoms with E-state index in [2.05, 4.69) is 5.32 Å². The topological polar surface area (TPSA) is 111 Å². The lowest BCUT2D eigenvalue weighted by Crippen LogP contribution is -2.35. The highest BCUT2D eigenvalue weighted by Crippen LogP contribution is 2.22. The Labute approximate surface area is 180 Å². The zero-order valence-corrected chi connectivity index (χ0v) is 17.1. The van der Waals surface area contributed by atoms with E-state index in [0.29, 0.717) is 28.4 Å². The van der Waals surface area contributed by atoms with E-state index in [9.17, 15) is 14.7 Å². The van der Waals surface area contributed by atoms with E-state index < -0.39 is 12.0 Å². The summed E-state index contributed by atoms with van der Waals surface area (Å²) in [4.78, 5) is 23.4. The van der Waals surface area contributed by atoms with E-state index in [-0.39, 0.29) is 19.1 Å². The lowest BCUT2D eigenvalue weighted by atomic mass is 10.2. The Bertz CT molecular complexity index is 1030. The van der Waals surface area contributed by atoms with E-state index in [4.69, 9.17) is 15.2 Å². The van der Waals surface area contributed by atoms with Crippen molar-refractivity contribution < 1.29 is 24.2 Å². The first kappa shape index (κ1) is 21.9. The van der Waals surface area contributed by atoms with Crippen molar-refractivity contribution in [2.45, 2.75) is 13.0 Å². The molecule has 31 heavy (non-hydrogen) atoms. The number of aryl methyl sites for hydroxylation is 1. The van der Waals surface area contributed by atoms with Gasteiger partial charge >= 0.3 is 0 Å². The van der Waals surface area contributed by atoms with Gasteiger partial charge in [-0.05, 0) is 73.2 Å². The highest BCUT2D eigenvalue weighted by Gasteiger charge is 2.10. The first-order valence-corrected chi connectivity index (χ1v) is 9.74. The fourth-order valence-corrected chi connectivity index (χ4v) is 2.77. The first-order chi connectivity index (χ1) is 14.9. The normalized spacial score (nSPS) is 11.4. The Morgan fingerprint density at radius 1 is 0.935 bits per heavy atom. The molecule has 0 bridgehead atoms. The molecule has 0 saturated heterocycles. The maximum Gasteiger partial charge on any atom is 0.251 e.